The van der Waals surface area contributed by atoms with Crippen molar-refractivity contribution in [1.82, 2.24) is 5.32 Å². The van der Waals surface area contributed by atoms with Crippen LogP contribution < -0.4 is 9.62 Å². The summed E-state index contributed by atoms with van der Waals surface area (Å²) < 4.78 is 30.6. The van der Waals surface area contributed by atoms with E-state index in [0.717, 1.165) is 11.8 Å². The quantitative estimate of drug-likeness (QED) is 0.696. The van der Waals surface area contributed by atoms with Crippen LogP contribution in [-0.4, -0.2) is 40.8 Å². The molecular weight excluding hydrogens is 376 g/mol. The largest absolute Gasteiger partial charge is 0.383 e. The first-order chi connectivity index (χ1) is 12.3. The number of halogens is 1. The number of carbonyl (C=O) groups excluding carboxylic acids is 1. The van der Waals surface area contributed by atoms with Crippen LogP contribution in [0.4, 0.5) is 5.69 Å². The molecule has 140 valence electrons. The van der Waals surface area contributed by atoms with E-state index in [9.17, 15) is 13.2 Å². The Morgan fingerprint density at radius 2 is 1.73 bits per heavy atom. The molecule has 0 aliphatic heterocycles. The Morgan fingerprint density at radius 3 is 2.27 bits per heavy atom. The molecule has 0 aromatic heterocycles. The van der Waals surface area contributed by atoms with Crippen molar-refractivity contribution in [2.24, 2.45) is 0 Å². The van der Waals surface area contributed by atoms with Crippen LogP contribution in [0, 0.1) is 0 Å². The first-order valence-electron chi connectivity index (χ1n) is 7.90. The molecule has 0 bridgehead atoms. The Kier molecular flexibility index (Phi) is 7.02. The fourth-order valence-corrected chi connectivity index (χ4v) is 3.32. The van der Waals surface area contributed by atoms with Gasteiger partial charge in [-0.3, -0.25) is 9.10 Å². The Hall–Kier alpha value is -2.09. The van der Waals surface area contributed by atoms with E-state index in [2.05, 4.69) is 5.32 Å². The molecule has 26 heavy (non-hydrogen) atoms. The van der Waals surface area contributed by atoms with Crippen LogP contribution in [0.5, 0.6) is 0 Å². The predicted molar refractivity (Wildman–Crippen MR) is 103 cm³/mol. The Balaban J connectivity index is 2.18. The zero-order chi connectivity index (χ0) is 19.2. The van der Waals surface area contributed by atoms with Crippen LogP contribution in [-0.2, 0) is 21.3 Å². The molecule has 0 aliphatic carbocycles. The van der Waals surface area contributed by atoms with Crippen molar-refractivity contribution in [3.8, 4) is 0 Å². The number of hydrogen-bond acceptors (Lipinski definition) is 4. The van der Waals surface area contributed by atoms with Crippen molar-refractivity contribution in [2.45, 2.75) is 6.54 Å². The van der Waals surface area contributed by atoms with Gasteiger partial charge in [0.05, 0.1) is 25.1 Å². The van der Waals surface area contributed by atoms with Crippen LogP contribution in [0.15, 0.2) is 48.5 Å². The third-order valence-electron chi connectivity index (χ3n) is 3.65. The highest BCUT2D eigenvalue weighted by molar-refractivity contribution is 7.92. The van der Waals surface area contributed by atoms with E-state index in [0.29, 0.717) is 29.4 Å². The molecule has 0 atom stereocenters. The second-order valence-corrected chi connectivity index (χ2v) is 8.03. The summed E-state index contributed by atoms with van der Waals surface area (Å²) in [6, 6.07) is 13.4. The van der Waals surface area contributed by atoms with Crippen molar-refractivity contribution in [2.75, 3.05) is 30.8 Å². The fourth-order valence-electron chi connectivity index (χ4n) is 2.30. The Labute approximate surface area is 158 Å². The number of nitrogens with one attached hydrogen (secondary N) is 1. The van der Waals surface area contributed by atoms with Crippen molar-refractivity contribution in [1.29, 1.82) is 0 Å². The molecule has 0 radical (unpaired) electrons. The predicted octanol–water partition coefficient (Wildman–Crippen LogP) is 2.68. The smallest absolute Gasteiger partial charge is 0.251 e. The highest BCUT2D eigenvalue weighted by atomic mass is 35.5. The van der Waals surface area contributed by atoms with Crippen LogP contribution in [0.3, 0.4) is 0 Å². The molecule has 2 aromatic carbocycles. The van der Waals surface area contributed by atoms with Crippen molar-refractivity contribution >= 4 is 33.2 Å². The molecule has 6 nitrogen and oxygen atoms in total. The summed E-state index contributed by atoms with van der Waals surface area (Å²) in [5.74, 6) is -0.239. The first-order valence-corrected chi connectivity index (χ1v) is 10.1. The number of hydrogen-bond donors (Lipinski definition) is 1. The second-order valence-electron chi connectivity index (χ2n) is 5.69. The average molecular weight is 397 g/mol. The molecule has 0 aliphatic rings. The third kappa shape index (κ3) is 5.72. The minimum absolute atomic E-state index is 0.176. The summed E-state index contributed by atoms with van der Waals surface area (Å²) in [5.41, 5.74) is 1.74. The average Bonchev–Trinajstić information content (AvgIpc) is 2.60. The topological polar surface area (TPSA) is 75.7 Å². The molecule has 0 saturated heterocycles. The summed E-state index contributed by atoms with van der Waals surface area (Å²) in [4.78, 5) is 12.0. The normalized spacial score (nSPS) is 11.2. The molecule has 2 aromatic rings. The standard InChI is InChI=1S/C18H21ClN2O4S/c1-25-12-11-20-18(22)15-5-9-17(10-6-15)21(26(2,23)24)13-14-3-7-16(19)8-4-14/h3-10H,11-13H2,1-2H3,(H,20,22). The molecule has 0 heterocycles. The van der Waals surface area contributed by atoms with E-state index >= 15 is 0 Å². The summed E-state index contributed by atoms with van der Waals surface area (Å²) in [7, 11) is -1.94. The lowest BCUT2D eigenvalue weighted by molar-refractivity contribution is 0.0937. The van der Waals surface area contributed by atoms with Gasteiger partial charge in [0.1, 0.15) is 0 Å². The van der Waals surface area contributed by atoms with Crippen LogP contribution in [0.25, 0.3) is 0 Å². The van der Waals surface area contributed by atoms with E-state index in [1.807, 2.05) is 0 Å². The van der Waals surface area contributed by atoms with E-state index < -0.39 is 10.0 Å². The SMILES string of the molecule is COCCNC(=O)c1ccc(N(Cc2ccc(Cl)cc2)S(C)(=O)=O)cc1. The Morgan fingerprint density at radius 1 is 1.12 bits per heavy atom. The number of anilines is 1. The molecule has 0 unspecified atom stereocenters. The number of nitrogens with zero attached hydrogens (tertiary/aromatic N) is 1. The van der Waals surface area contributed by atoms with Crippen molar-refractivity contribution < 1.29 is 17.9 Å². The second kappa shape index (κ2) is 9.02. The van der Waals surface area contributed by atoms with Gasteiger partial charge in [-0.15, -0.1) is 0 Å². The van der Waals surface area contributed by atoms with Gasteiger partial charge in [0.15, 0.2) is 0 Å². The van der Waals surface area contributed by atoms with Crippen molar-refractivity contribution in [3.63, 3.8) is 0 Å². The van der Waals surface area contributed by atoms with Crippen LogP contribution >= 0.6 is 11.6 Å². The maximum Gasteiger partial charge on any atom is 0.251 e. The maximum absolute atomic E-state index is 12.2. The summed E-state index contributed by atoms with van der Waals surface area (Å²) in [6.07, 6.45) is 1.15. The van der Waals surface area contributed by atoms with Crippen LogP contribution in [0.1, 0.15) is 15.9 Å². The monoisotopic (exact) mass is 396 g/mol. The first kappa shape index (κ1) is 20.2. The van der Waals surface area contributed by atoms with Gasteiger partial charge in [-0.25, -0.2) is 8.42 Å². The minimum Gasteiger partial charge on any atom is -0.383 e. The lowest BCUT2D eigenvalue weighted by Crippen LogP contribution is -2.29. The number of methoxy groups -OCH3 is 1. The lowest BCUT2D eigenvalue weighted by Gasteiger charge is -2.22. The maximum atomic E-state index is 12.2. The van der Waals surface area contributed by atoms with Gasteiger partial charge < -0.3 is 10.1 Å². The number of amides is 1. The lowest BCUT2D eigenvalue weighted by atomic mass is 10.2. The van der Waals surface area contributed by atoms with E-state index in [1.165, 1.54) is 4.31 Å². The minimum atomic E-state index is -3.49. The molecule has 1 amide bonds. The summed E-state index contributed by atoms with van der Waals surface area (Å²) in [5, 5.41) is 3.30. The van der Waals surface area contributed by atoms with E-state index in [1.54, 1.807) is 55.6 Å². The molecule has 0 spiro atoms. The van der Waals surface area contributed by atoms with Gasteiger partial charge in [-0.2, -0.15) is 0 Å². The van der Waals surface area contributed by atoms with Gasteiger partial charge >= 0.3 is 0 Å². The van der Waals surface area contributed by atoms with Crippen molar-refractivity contribution in [3.05, 3.63) is 64.7 Å². The molecule has 0 saturated carbocycles. The molecule has 0 fully saturated rings. The van der Waals surface area contributed by atoms with Crippen LogP contribution in [0.2, 0.25) is 5.02 Å². The molecule has 2 rings (SSSR count). The molecular formula is C18H21ClN2O4S. The van der Waals surface area contributed by atoms with E-state index in [-0.39, 0.29) is 12.5 Å². The number of carbonyl (C=O) groups is 1. The summed E-state index contributed by atoms with van der Waals surface area (Å²) >= 11 is 5.87. The van der Waals surface area contributed by atoms with E-state index in [4.69, 9.17) is 16.3 Å². The number of ether oxygens (including phenoxy) is 1. The van der Waals surface area contributed by atoms with Gasteiger partial charge in [-0.1, -0.05) is 23.7 Å². The van der Waals surface area contributed by atoms with Gasteiger partial charge in [0.2, 0.25) is 10.0 Å². The number of sulfonamides is 1. The Bertz CT molecular complexity index is 836. The molecule has 8 heteroatoms. The highest BCUT2D eigenvalue weighted by Gasteiger charge is 2.18. The zero-order valence-corrected chi connectivity index (χ0v) is 16.2. The third-order valence-corrected chi connectivity index (χ3v) is 5.04. The summed E-state index contributed by atoms with van der Waals surface area (Å²) in [6.45, 7) is 1.01. The highest BCUT2D eigenvalue weighted by Crippen LogP contribution is 2.22. The molecule has 1 N–H and O–H groups in total. The fraction of sp³-hybridized carbons (Fsp3) is 0.278. The van der Waals surface area contributed by atoms with Gasteiger partial charge in [-0.05, 0) is 42.0 Å². The zero-order valence-electron chi connectivity index (χ0n) is 14.6. The van der Waals surface area contributed by atoms with Gasteiger partial charge in [0, 0.05) is 24.2 Å². The number of rotatable bonds is 8. The van der Waals surface area contributed by atoms with Gasteiger partial charge in [0.25, 0.3) is 5.91 Å². The number of benzene rings is 2.